The van der Waals surface area contributed by atoms with E-state index in [4.69, 9.17) is 14.2 Å². The van der Waals surface area contributed by atoms with Crippen LogP contribution in [0.2, 0.25) is 0 Å². The molecule has 4 heteroatoms. The summed E-state index contributed by atoms with van der Waals surface area (Å²) < 4.78 is 15.9. The van der Waals surface area contributed by atoms with E-state index >= 15 is 0 Å². The number of fused-ring (bicyclic) bond motifs is 1. The second-order valence-corrected chi connectivity index (χ2v) is 5.22. The lowest BCUT2D eigenvalue weighted by Gasteiger charge is -2.09. The molecule has 0 aliphatic carbocycles. The summed E-state index contributed by atoms with van der Waals surface area (Å²) in [6.45, 7) is 4.00. The van der Waals surface area contributed by atoms with Crippen LogP contribution < -0.4 is 4.74 Å². The Hall–Kier alpha value is -2.75. The Balaban J connectivity index is 0.00000109. The van der Waals surface area contributed by atoms with Gasteiger partial charge in [-0.15, -0.1) is 0 Å². The summed E-state index contributed by atoms with van der Waals surface area (Å²) in [4.78, 5) is 4.54. The molecule has 2 aromatic rings. The maximum atomic E-state index is 5.42. The molecule has 1 aliphatic heterocycles. The molecular formula is C22H29NO3. The van der Waals surface area contributed by atoms with Crippen LogP contribution in [0.5, 0.6) is 5.75 Å². The number of hydrogen-bond acceptors (Lipinski definition) is 4. The molecule has 0 radical (unpaired) electrons. The van der Waals surface area contributed by atoms with Gasteiger partial charge in [0.15, 0.2) is 0 Å². The second kappa shape index (κ2) is 10.3. The van der Waals surface area contributed by atoms with Crippen LogP contribution in [-0.2, 0) is 15.9 Å². The van der Waals surface area contributed by atoms with E-state index < -0.39 is 0 Å². The van der Waals surface area contributed by atoms with E-state index in [0.717, 1.165) is 33.9 Å². The molecule has 0 amide bonds. The Bertz CT molecular complexity index is 761. The van der Waals surface area contributed by atoms with Crippen LogP contribution in [0.1, 0.15) is 26.8 Å². The van der Waals surface area contributed by atoms with Gasteiger partial charge >= 0.3 is 0 Å². The van der Waals surface area contributed by atoms with Crippen LogP contribution in [0.15, 0.2) is 59.3 Å². The number of rotatable bonds is 3. The van der Waals surface area contributed by atoms with Crippen molar-refractivity contribution < 1.29 is 14.2 Å². The van der Waals surface area contributed by atoms with Gasteiger partial charge in [0, 0.05) is 12.5 Å². The average molecular weight is 355 g/mol. The highest BCUT2D eigenvalue weighted by Crippen LogP contribution is 2.31. The van der Waals surface area contributed by atoms with E-state index in [1.54, 1.807) is 21.3 Å². The van der Waals surface area contributed by atoms with E-state index in [1.807, 2.05) is 50.3 Å². The molecule has 0 aromatic heterocycles. The normalized spacial score (nSPS) is 12.0. The molecule has 140 valence electrons. The van der Waals surface area contributed by atoms with Crippen LogP contribution in [0.25, 0.3) is 11.1 Å². The topological polar surface area (TPSA) is 40.0 Å². The summed E-state index contributed by atoms with van der Waals surface area (Å²) in [5, 5.41) is 0. The third-order valence-electron chi connectivity index (χ3n) is 3.85. The molecule has 3 rings (SSSR count). The maximum Gasteiger partial charge on any atom is 0.216 e. The lowest BCUT2D eigenvalue weighted by molar-refractivity contribution is 0.282. The molecule has 0 saturated heterocycles. The molecule has 0 unspecified atom stereocenters. The Labute approximate surface area is 157 Å². The largest absolute Gasteiger partial charge is 0.501 e. The van der Waals surface area contributed by atoms with Crippen molar-refractivity contribution in [2.45, 2.75) is 27.7 Å². The van der Waals surface area contributed by atoms with E-state index in [-0.39, 0.29) is 7.43 Å². The number of aliphatic imine (C=N–C) groups is 1. The molecule has 0 bridgehead atoms. The minimum Gasteiger partial charge on any atom is -0.501 e. The smallest absolute Gasteiger partial charge is 0.216 e. The van der Waals surface area contributed by atoms with Crippen molar-refractivity contribution >= 4 is 11.6 Å². The molecule has 4 nitrogen and oxygen atoms in total. The van der Waals surface area contributed by atoms with Crippen LogP contribution in [0.4, 0.5) is 5.69 Å². The monoisotopic (exact) mass is 355 g/mol. The van der Waals surface area contributed by atoms with Crippen molar-refractivity contribution in [2.75, 3.05) is 21.3 Å². The van der Waals surface area contributed by atoms with Crippen molar-refractivity contribution in [2.24, 2.45) is 4.99 Å². The molecule has 26 heavy (non-hydrogen) atoms. The maximum absolute atomic E-state index is 5.42. The highest BCUT2D eigenvalue weighted by Gasteiger charge is 2.13. The predicted octanol–water partition coefficient (Wildman–Crippen LogP) is 5.79. The van der Waals surface area contributed by atoms with Crippen LogP contribution in [-0.4, -0.2) is 27.2 Å². The molecule has 0 atom stereocenters. The van der Waals surface area contributed by atoms with Crippen LogP contribution >= 0.6 is 0 Å². The minimum atomic E-state index is 0. The van der Waals surface area contributed by atoms with E-state index in [2.05, 4.69) is 17.1 Å². The zero-order valence-corrected chi connectivity index (χ0v) is 15.5. The molecule has 0 N–H and O–H groups in total. The van der Waals surface area contributed by atoms with Gasteiger partial charge in [-0.3, -0.25) is 0 Å². The lowest BCUT2D eigenvalue weighted by atomic mass is 10.00. The number of methoxy groups -OCH3 is 3. The fourth-order valence-corrected chi connectivity index (χ4v) is 2.56. The van der Waals surface area contributed by atoms with Gasteiger partial charge in [0.2, 0.25) is 5.90 Å². The quantitative estimate of drug-likeness (QED) is 0.700. The van der Waals surface area contributed by atoms with Gasteiger partial charge in [0.25, 0.3) is 0 Å². The first-order chi connectivity index (χ1) is 12.2. The first-order valence-electron chi connectivity index (χ1n) is 8.38. The van der Waals surface area contributed by atoms with Gasteiger partial charge in [-0.05, 0) is 41.0 Å². The van der Waals surface area contributed by atoms with E-state index in [0.29, 0.717) is 12.3 Å². The average Bonchev–Trinajstić information content (AvgIpc) is 2.87. The summed E-state index contributed by atoms with van der Waals surface area (Å²) in [6.07, 6.45) is 2.51. The fourth-order valence-electron chi connectivity index (χ4n) is 2.56. The SMILES string of the molecule is C.CC.COC1=CC(OC)=Nc2ccc(-c3ccc(OC)cc3)cc2C1. The van der Waals surface area contributed by atoms with Crippen molar-refractivity contribution in [3.05, 3.63) is 59.9 Å². The van der Waals surface area contributed by atoms with Gasteiger partial charge in [0.1, 0.15) is 11.5 Å². The third-order valence-corrected chi connectivity index (χ3v) is 3.85. The minimum absolute atomic E-state index is 0. The molecule has 2 aromatic carbocycles. The first kappa shape index (κ1) is 21.3. The Morgan fingerprint density at radius 1 is 0.808 bits per heavy atom. The van der Waals surface area contributed by atoms with E-state index in [9.17, 15) is 0 Å². The Morgan fingerprint density at radius 3 is 2.04 bits per heavy atom. The van der Waals surface area contributed by atoms with Crippen LogP contribution in [0.3, 0.4) is 0 Å². The zero-order chi connectivity index (χ0) is 18.2. The molecule has 1 heterocycles. The van der Waals surface area contributed by atoms with E-state index in [1.165, 1.54) is 0 Å². The van der Waals surface area contributed by atoms with Gasteiger partial charge < -0.3 is 14.2 Å². The molecule has 1 aliphatic rings. The summed E-state index contributed by atoms with van der Waals surface area (Å²) in [5.41, 5.74) is 4.29. The number of allylic oxidation sites excluding steroid dienone is 1. The van der Waals surface area contributed by atoms with Crippen molar-refractivity contribution in [3.8, 4) is 16.9 Å². The molecule has 0 saturated carbocycles. The predicted molar refractivity (Wildman–Crippen MR) is 109 cm³/mol. The first-order valence-corrected chi connectivity index (χ1v) is 8.38. The number of hydrogen-bond donors (Lipinski definition) is 0. The molecular weight excluding hydrogens is 326 g/mol. The standard InChI is InChI=1S/C19H19NO3.C2H6.CH4/c1-21-16-7-4-13(5-8-16)14-6-9-18-15(10-14)11-17(22-2)12-19(20-18)23-3;1-2;/h4-10,12H,11H2,1-3H3;1-2H3;1H4. The van der Waals surface area contributed by atoms with Gasteiger partial charge in [-0.1, -0.05) is 39.5 Å². The van der Waals surface area contributed by atoms with Crippen molar-refractivity contribution in [3.63, 3.8) is 0 Å². The summed E-state index contributed by atoms with van der Waals surface area (Å²) in [7, 11) is 4.94. The number of nitrogens with zero attached hydrogens (tertiary/aromatic N) is 1. The molecule has 0 spiro atoms. The molecule has 0 fully saturated rings. The second-order valence-electron chi connectivity index (χ2n) is 5.22. The Morgan fingerprint density at radius 2 is 1.46 bits per heavy atom. The lowest BCUT2D eigenvalue weighted by Crippen LogP contribution is -1.98. The Kier molecular flexibility index (Phi) is 8.43. The van der Waals surface area contributed by atoms with Crippen molar-refractivity contribution in [1.82, 2.24) is 0 Å². The number of benzene rings is 2. The zero-order valence-electron chi connectivity index (χ0n) is 15.5. The summed E-state index contributed by atoms with van der Waals surface area (Å²) >= 11 is 0. The highest BCUT2D eigenvalue weighted by molar-refractivity contribution is 5.91. The highest BCUT2D eigenvalue weighted by atomic mass is 16.5. The summed E-state index contributed by atoms with van der Waals surface area (Å²) in [5.74, 6) is 2.23. The van der Waals surface area contributed by atoms with Gasteiger partial charge in [0.05, 0.1) is 27.0 Å². The third kappa shape index (κ3) is 4.88. The van der Waals surface area contributed by atoms with Crippen LogP contribution in [0, 0.1) is 0 Å². The van der Waals surface area contributed by atoms with Gasteiger partial charge in [-0.2, -0.15) is 0 Å². The van der Waals surface area contributed by atoms with Crippen molar-refractivity contribution in [1.29, 1.82) is 0 Å². The fraction of sp³-hybridized carbons (Fsp3) is 0.318. The van der Waals surface area contributed by atoms with Gasteiger partial charge in [-0.25, -0.2) is 4.99 Å². The number of ether oxygens (including phenoxy) is 3. The summed E-state index contributed by atoms with van der Waals surface area (Å²) in [6, 6.07) is 14.2.